The van der Waals surface area contributed by atoms with Crippen molar-refractivity contribution >= 4 is 12.3 Å². The second-order valence-electron chi connectivity index (χ2n) is 5.74. The second-order valence-corrected chi connectivity index (χ2v) is 5.74. The summed E-state index contributed by atoms with van der Waals surface area (Å²) in [7, 11) is 3.63. The molecule has 0 unspecified atom stereocenters. The summed E-state index contributed by atoms with van der Waals surface area (Å²) < 4.78 is 4.90. The Bertz CT molecular complexity index is 254. The maximum absolute atomic E-state index is 11.7. The van der Waals surface area contributed by atoms with Crippen LogP contribution in [0.25, 0.3) is 0 Å². The number of hydrogen-bond donors (Lipinski definition) is 1. The Morgan fingerprint density at radius 2 is 1.68 bits per heavy atom. The first-order valence-corrected chi connectivity index (χ1v) is 8.16. The lowest BCUT2D eigenvalue weighted by molar-refractivity contribution is -0.135. The number of unbranched alkanes of at least 4 members (excludes halogenated alkanes) is 1. The summed E-state index contributed by atoms with van der Waals surface area (Å²) >= 11 is 0. The van der Waals surface area contributed by atoms with Crippen molar-refractivity contribution in [3.8, 4) is 0 Å². The van der Waals surface area contributed by atoms with Gasteiger partial charge in [0.2, 0.25) is 12.3 Å². The Hall–Kier alpha value is -1.10. The minimum atomic E-state index is 0.154. The van der Waals surface area contributed by atoms with Gasteiger partial charge in [0.1, 0.15) is 0 Å². The van der Waals surface area contributed by atoms with Gasteiger partial charge in [0.15, 0.2) is 0 Å². The lowest BCUT2D eigenvalue weighted by atomic mass is 9.97. The van der Waals surface area contributed by atoms with E-state index in [1.54, 1.807) is 7.11 Å². The van der Waals surface area contributed by atoms with E-state index in [1.807, 2.05) is 18.9 Å². The SMILES string of the molecule is CCCCN(C)C(=O)[C@@H](C)C(C)C.CC[C@H](C)OC.NC=O. The van der Waals surface area contributed by atoms with Crippen molar-refractivity contribution in [2.24, 2.45) is 17.6 Å². The summed E-state index contributed by atoms with van der Waals surface area (Å²) in [5, 5.41) is 0. The van der Waals surface area contributed by atoms with Gasteiger partial charge >= 0.3 is 0 Å². The lowest BCUT2D eigenvalue weighted by Gasteiger charge is -2.23. The van der Waals surface area contributed by atoms with Gasteiger partial charge in [-0.1, -0.05) is 41.0 Å². The molecule has 0 aliphatic rings. The van der Waals surface area contributed by atoms with Gasteiger partial charge < -0.3 is 15.4 Å². The highest BCUT2D eigenvalue weighted by molar-refractivity contribution is 5.78. The maximum atomic E-state index is 11.7. The molecule has 0 rings (SSSR count). The maximum Gasteiger partial charge on any atom is 0.225 e. The molecule has 2 atom stereocenters. The quantitative estimate of drug-likeness (QED) is 0.733. The van der Waals surface area contributed by atoms with Crippen LogP contribution in [0, 0.1) is 11.8 Å². The topological polar surface area (TPSA) is 72.6 Å². The van der Waals surface area contributed by atoms with Gasteiger partial charge in [-0.2, -0.15) is 0 Å². The highest BCUT2D eigenvalue weighted by Crippen LogP contribution is 2.12. The number of nitrogens with zero attached hydrogens (tertiary/aromatic N) is 1. The number of ether oxygens (including phenoxy) is 1. The van der Waals surface area contributed by atoms with Gasteiger partial charge in [0.05, 0.1) is 6.10 Å². The zero-order valence-corrected chi connectivity index (χ0v) is 15.9. The molecule has 0 bridgehead atoms. The molecule has 0 aromatic carbocycles. The molecule has 0 aliphatic carbocycles. The smallest absolute Gasteiger partial charge is 0.225 e. The fraction of sp³-hybridized carbons (Fsp3) is 0.882. The van der Waals surface area contributed by atoms with Gasteiger partial charge in [0, 0.05) is 26.6 Å². The molecule has 0 radical (unpaired) electrons. The Labute approximate surface area is 137 Å². The summed E-state index contributed by atoms with van der Waals surface area (Å²) in [5.74, 6) is 0.877. The molecule has 0 heterocycles. The van der Waals surface area contributed by atoms with Crippen molar-refractivity contribution in [1.82, 2.24) is 4.90 Å². The summed E-state index contributed by atoms with van der Waals surface area (Å²) in [5.41, 5.74) is 4.17. The summed E-state index contributed by atoms with van der Waals surface area (Å²) in [4.78, 5) is 22.2. The Morgan fingerprint density at radius 1 is 1.23 bits per heavy atom. The number of amides is 2. The van der Waals surface area contributed by atoms with E-state index in [1.165, 1.54) is 0 Å². The van der Waals surface area contributed by atoms with Crippen molar-refractivity contribution in [1.29, 1.82) is 0 Å². The van der Waals surface area contributed by atoms with Crippen LogP contribution in [0.4, 0.5) is 0 Å². The Kier molecular flexibility index (Phi) is 21.1. The van der Waals surface area contributed by atoms with Crippen LogP contribution < -0.4 is 5.73 Å². The van der Waals surface area contributed by atoms with Crippen LogP contribution in [0.1, 0.15) is 60.8 Å². The van der Waals surface area contributed by atoms with E-state index < -0.39 is 0 Å². The molecule has 0 aliphatic heterocycles. The number of carbonyl (C=O) groups is 2. The van der Waals surface area contributed by atoms with Crippen molar-refractivity contribution < 1.29 is 14.3 Å². The van der Waals surface area contributed by atoms with E-state index in [-0.39, 0.29) is 18.2 Å². The predicted molar refractivity (Wildman–Crippen MR) is 93.6 cm³/mol. The molecule has 22 heavy (non-hydrogen) atoms. The first-order valence-electron chi connectivity index (χ1n) is 8.16. The number of rotatable bonds is 7. The number of carbonyl (C=O) groups excluding carboxylic acids is 2. The van der Waals surface area contributed by atoms with Crippen LogP contribution in [0.5, 0.6) is 0 Å². The number of primary amides is 1. The molecule has 2 N–H and O–H groups in total. The molecule has 0 saturated carbocycles. The standard InChI is InChI=1S/C11H23NO.C5H12O.CH3NO/c1-6-7-8-12(5)11(13)10(4)9(2)3;1-4-5(2)6-3;2-1-3/h9-10H,6-8H2,1-5H3;5H,4H2,1-3H3;1H,(H2,2,3)/t10-;5-;/m00./s1. The third kappa shape index (κ3) is 17.0. The average molecular weight is 319 g/mol. The van der Waals surface area contributed by atoms with Crippen molar-refractivity contribution in [2.45, 2.75) is 66.9 Å². The Balaban J connectivity index is -0.000000333. The molecule has 0 aromatic heterocycles. The van der Waals surface area contributed by atoms with Gasteiger partial charge in [-0.25, -0.2) is 0 Å². The van der Waals surface area contributed by atoms with Crippen molar-refractivity contribution in [2.75, 3.05) is 20.7 Å². The number of methoxy groups -OCH3 is 1. The average Bonchev–Trinajstić information content (AvgIpc) is 2.51. The molecule has 0 saturated heterocycles. The van der Waals surface area contributed by atoms with E-state index in [4.69, 9.17) is 9.53 Å². The van der Waals surface area contributed by atoms with E-state index in [0.29, 0.717) is 12.0 Å². The molecule has 0 spiro atoms. The third-order valence-corrected chi connectivity index (χ3v) is 3.59. The monoisotopic (exact) mass is 318 g/mol. The summed E-state index contributed by atoms with van der Waals surface area (Å²) in [6, 6.07) is 0. The van der Waals surface area contributed by atoms with Gasteiger partial charge in [-0.3, -0.25) is 9.59 Å². The molecular weight excluding hydrogens is 280 g/mol. The Morgan fingerprint density at radius 3 is 1.91 bits per heavy atom. The fourth-order valence-electron chi connectivity index (χ4n) is 1.30. The number of nitrogens with two attached hydrogens (primary N) is 1. The van der Waals surface area contributed by atoms with Gasteiger partial charge in [-0.05, 0) is 25.7 Å². The third-order valence-electron chi connectivity index (χ3n) is 3.59. The molecular formula is C17H38N2O3. The zero-order valence-electron chi connectivity index (χ0n) is 15.9. The fourth-order valence-corrected chi connectivity index (χ4v) is 1.30. The molecule has 134 valence electrons. The molecule has 5 nitrogen and oxygen atoms in total. The second kappa shape index (κ2) is 18.0. The van der Waals surface area contributed by atoms with Crippen LogP contribution in [0.3, 0.4) is 0 Å². The minimum absolute atomic E-state index is 0.154. The van der Waals surface area contributed by atoms with Crippen LogP contribution in [0.15, 0.2) is 0 Å². The van der Waals surface area contributed by atoms with Crippen LogP contribution in [-0.2, 0) is 14.3 Å². The van der Waals surface area contributed by atoms with E-state index in [0.717, 1.165) is 25.8 Å². The molecule has 5 heteroatoms. The van der Waals surface area contributed by atoms with Crippen LogP contribution >= 0.6 is 0 Å². The normalized spacial score (nSPS) is 12.2. The van der Waals surface area contributed by atoms with E-state index in [2.05, 4.69) is 40.4 Å². The van der Waals surface area contributed by atoms with Gasteiger partial charge in [-0.15, -0.1) is 0 Å². The van der Waals surface area contributed by atoms with Crippen LogP contribution in [-0.4, -0.2) is 44.0 Å². The van der Waals surface area contributed by atoms with E-state index in [9.17, 15) is 4.79 Å². The minimum Gasteiger partial charge on any atom is -0.382 e. The van der Waals surface area contributed by atoms with Crippen molar-refractivity contribution in [3.63, 3.8) is 0 Å². The highest BCUT2D eigenvalue weighted by Gasteiger charge is 2.19. The summed E-state index contributed by atoms with van der Waals surface area (Å²) in [6.07, 6.45) is 4.04. The molecule has 0 aromatic rings. The first kappa shape index (κ1) is 25.8. The molecule has 0 fully saturated rings. The number of hydrogen-bond acceptors (Lipinski definition) is 3. The lowest BCUT2D eigenvalue weighted by Crippen LogP contribution is -2.34. The van der Waals surface area contributed by atoms with E-state index >= 15 is 0 Å². The van der Waals surface area contributed by atoms with Crippen LogP contribution in [0.2, 0.25) is 0 Å². The van der Waals surface area contributed by atoms with Crippen molar-refractivity contribution in [3.05, 3.63) is 0 Å². The first-order chi connectivity index (χ1) is 10.2. The predicted octanol–water partition coefficient (Wildman–Crippen LogP) is 3.07. The highest BCUT2D eigenvalue weighted by atomic mass is 16.5. The largest absolute Gasteiger partial charge is 0.382 e. The summed E-state index contributed by atoms with van der Waals surface area (Å²) in [6.45, 7) is 13.4. The van der Waals surface area contributed by atoms with Gasteiger partial charge in [0.25, 0.3) is 0 Å². The molecule has 2 amide bonds. The zero-order chi connectivity index (χ0) is 18.1.